The van der Waals surface area contributed by atoms with Gasteiger partial charge in [-0.2, -0.15) is 0 Å². The molecule has 6 rings (SSSR count). The number of nitrogens with one attached hydrogen (secondary N) is 2. The first-order chi connectivity index (χ1) is 26.2. The number of aliphatic hydroxyl groups is 2. The molecular formula is C43H50ClN3O7. The zero-order valence-electron chi connectivity index (χ0n) is 30.5. The Hall–Kier alpha value is -4.13. The van der Waals surface area contributed by atoms with Crippen molar-refractivity contribution in [2.75, 3.05) is 19.6 Å². The third-order valence-corrected chi connectivity index (χ3v) is 10.8. The molecule has 2 aliphatic rings. The lowest BCUT2D eigenvalue weighted by Crippen LogP contribution is -2.46. The maximum atomic E-state index is 12.4. The Morgan fingerprint density at radius 3 is 2.17 bits per heavy atom. The summed E-state index contributed by atoms with van der Waals surface area (Å²) in [5, 5.41) is 33.3. The first kappa shape index (κ1) is 39.6. The number of hydrogen-bond acceptors (Lipinski definition) is 8. The minimum Gasteiger partial charge on any atom is -0.392 e. The highest BCUT2D eigenvalue weighted by Crippen LogP contribution is 2.40. The van der Waals surface area contributed by atoms with Crippen molar-refractivity contribution in [3.8, 4) is 11.1 Å². The van der Waals surface area contributed by atoms with Gasteiger partial charge in [-0.3, -0.25) is 14.8 Å². The van der Waals surface area contributed by atoms with Crippen molar-refractivity contribution < 1.29 is 34.5 Å². The molecule has 0 radical (unpaired) electrons. The van der Waals surface area contributed by atoms with Crippen molar-refractivity contribution in [2.24, 2.45) is 0 Å². The van der Waals surface area contributed by atoms with Gasteiger partial charge in [-0.15, -0.1) is 0 Å². The number of hydrogen-bond donors (Lipinski definition) is 5. The fourth-order valence-electron chi connectivity index (χ4n) is 7.26. The van der Waals surface area contributed by atoms with Gasteiger partial charge in [0.15, 0.2) is 6.29 Å². The number of unbranched alkanes of at least 4 members (excludes halogenated alkanes) is 2. The second-order valence-corrected chi connectivity index (χ2v) is 14.8. The number of piperidine rings is 1. The van der Waals surface area contributed by atoms with Crippen molar-refractivity contribution in [3.05, 3.63) is 130 Å². The molecule has 4 aromatic carbocycles. The van der Waals surface area contributed by atoms with E-state index in [1.807, 2.05) is 78.9 Å². The molecule has 0 aromatic heterocycles. The van der Waals surface area contributed by atoms with Gasteiger partial charge in [-0.25, -0.2) is 5.48 Å². The van der Waals surface area contributed by atoms with Crippen LogP contribution in [0.25, 0.3) is 11.1 Å². The lowest BCUT2D eigenvalue weighted by molar-refractivity contribution is -0.253. The summed E-state index contributed by atoms with van der Waals surface area (Å²) >= 11 is 6.09. The molecule has 54 heavy (non-hydrogen) atoms. The number of benzene rings is 4. The summed E-state index contributed by atoms with van der Waals surface area (Å²) < 4.78 is 13.3. The maximum Gasteiger partial charge on any atom is 0.243 e. The smallest absolute Gasteiger partial charge is 0.243 e. The fraction of sp³-hybridized carbons (Fsp3) is 0.395. The predicted octanol–water partition coefficient (Wildman–Crippen LogP) is 7.10. The SMILES string of the molecule is O=C(CCCCCC(=O)NCc1cccc(-c2ccc(C3OC(CN4CCC(O)(c5ccc(Cl)cc5)CC4)CC(c4ccc(CO)cc4)O3)cc2)c1)NO. The van der Waals surface area contributed by atoms with Crippen LogP contribution < -0.4 is 10.8 Å². The van der Waals surface area contributed by atoms with Crippen LogP contribution in [0.4, 0.5) is 0 Å². The molecule has 286 valence electrons. The number of hydroxylamine groups is 1. The van der Waals surface area contributed by atoms with E-state index < -0.39 is 17.8 Å². The number of amides is 2. The Morgan fingerprint density at radius 2 is 1.48 bits per heavy atom. The third kappa shape index (κ3) is 10.8. The molecule has 0 aliphatic carbocycles. The summed E-state index contributed by atoms with van der Waals surface area (Å²) in [5.41, 5.74) is 7.49. The standard InChI is InChI=1S/C43H50ClN3O7/c44-37-19-17-36(18-20-37)43(51)21-23-47(24-22-43)28-38-26-39(33-11-9-30(29-48)10-12-33)54-42(53-38)34-15-13-32(14-16-34)35-6-4-5-31(25-35)27-45-40(49)7-2-1-3-8-41(50)46-52/h4-6,9-20,25,38-39,42,48,51-52H,1-3,7-8,21-24,26-29H2,(H,45,49)(H,46,50). The summed E-state index contributed by atoms with van der Waals surface area (Å²) in [6.45, 7) is 2.60. The molecule has 2 amide bonds. The van der Waals surface area contributed by atoms with Crippen LogP contribution in [-0.4, -0.2) is 57.9 Å². The highest BCUT2D eigenvalue weighted by molar-refractivity contribution is 6.30. The number of carbonyl (C=O) groups excluding carboxylic acids is 2. The topological polar surface area (TPSA) is 141 Å². The molecule has 2 saturated heterocycles. The van der Waals surface area contributed by atoms with Crippen molar-refractivity contribution in [1.82, 2.24) is 15.7 Å². The van der Waals surface area contributed by atoms with Crippen molar-refractivity contribution in [1.29, 1.82) is 0 Å². The van der Waals surface area contributed by atoms with Gasteiger partial charge < -0.3 is 29.9 Å². The van der Waals surface area contributed by atoms with Crippen LogP contribution in [0, 0.1) is 0 Å². The predicted molar refractivity (Wildman–Crippen MR) is 206 cm³/mol. The van der Waals surface area contributed by atoms with E-state index in [0.717, 1.165) is 58.5 Å². The monoisotopic (exact) mass is 755 g/mol. The minimum absolute atomic E-state index is 0.0160. The van der Waals surface area contributed by atoms with Gasteiger partial charge in [0.25, 0.3) is 0 Å². The molecule has 0 bridgehead atoms. The van der Waals surface area contributed by atoms with Crippen LogP contribution in [0.1, 0.15) is 91.6 Å². The van der Waals surface area contributed by atoms with Crippen molar-refractivity contribution >= 4 is 23.4 Å². The van der Waals surface area contributed by atoms with E-state index >= 15 is 0 Å². The first-order valence-electron chi connectivity index (χ1n) is 18.8. The van der Waals surface area contributed by atoms with E-state index in [0.29, 0.717) is 56.6 Å². The molecule has 2 fully saturated rings. The molecule has 10 nitrogen and oxygen atoms in total. The van der Waals surface area contributed by atoms with Crippen LogP contribution in [0.3, 0.4) is 0 Å². The molecule has 2 aliphatic heterocycles. The van der Waals surface area contributed by atoms with Gasteiger partial charge in [-0.1, -0.05) is 96.9 Å². The number of ether oxygens (including phenoxy) is 2. The number of halogens is 1. The average Bonchev–Trinajstić information content (AvgIpc) is 3.21. The maximum absolute atomic E-state index is 12.4. The van der Waals surface area contributed by atoms with Crippen LogP contribution in [0.15, 0.2) is 97.1 Å². The van der Waals surface area contributed by atoms with Gasteiger partial charge in [-0.05, 0) is 77.3 Å². The molecular weight excluding hydrogens is 706 g/mol. The van der Waals surface area contributed by atoms with E-state index in [4.69, 9.17) is 26.3 Å². The average molecular weight is 756 g/mol. The molecule has 2 heterocycles. The normalized spacial score (nSPS) is 20.0. The molecule has 5 N–H and O–H groups in total. The zero-order chi connectivity index (χ0) is 37.9. The van der Waals surface area contributed by atoms with Crippen LogP contribution in [0.2, 0.25) is 5.02 Å². The summed E-state index contributed by atoms with van der Waals surface area (Å²) in [5.74, 6) is -0.450. The number of rotatable bonds is 15. The largest absolute Gasteiger partial charge is 0.392 e. The zero-order valence-corrected chi connectivity index (χ0v) is 31.2. The third-order valence-electron chi connectivity index (χ3n) is 10.5. The van der Waals surface area contributed by atoms with Crippen molar-refractivity contribution in [2.45, 2.75) is 88.6 Å². The van der Waals surface area contributed by atoms with Gasteiger partial charge >= 0.3 is 0 Å². The van der Waals surface area contributed by atoms with E-state index in [9.17, 15) is 19.8 Å². The van der Waals surface area contributed by atoms with E-state index in [2.05, 4.69) is 28.4 Å². The summed E-state index contributed by atoms with van der Waals surface area (Å²) in [6.07, 6.45) is 3.70. The summed E-state index contributed by atoms with van der Waals surface area (Å²) in [6, 6.07) is 31.7. The fourth-order valence-corrected chi connectivity index (χ4v) is 7.39. The van der Waals surface area contributed by atoms with E-state index in [-0.39, 0.29) is 31.1 Å². The molecule has 11 heteroatoms. The molecule has 4 aromatic rings. The minimum atomic E-state index is -0.879. The summed E-state index contributed by atoms with van der Waals surface area (Å²) in [4.78, 5) is 25.9. The second kappa shape index (κ2) is 19.0. The summed E-state index contributed by atoms with van der Waals surface area (Å²) in [7, 11) is 0. The number of aliphatic hydroxyl groups excluding tert-OH is 1. The van der Waals surface area contributed by atoms with Gasteiger partial charge in [0.05, 0.1) is 24.4 Å². The number of nitrogens with zero attached hydrogens (tertiary/aromatic N) is 1. The van der Waals surface area contributed by atoms with Gasteiger partial charge in [0.1, 0.15) is 0 Å². The van der Waals surface area contributed by atoms with Crippen LogP contribution >= 0.6 is 11.6 Å². The lowest BCUT2D eigenvalue weighted by atomic mass is 9.84. The Morgan fingerprint density at radius 1 is 0.796 bits per heavy atom. The van der Waals surface area contributed by atoms with Crippen molar-refractivity contribution in [3.63, 3.8) is 0 Å². The molecule has 0 saturated carbocycles. The Bertz CT molecular complexity index is 1810. The number of carbonyl (C=O) groups is 2. The van der Waals surface area contributed by atoms with Gasteiger partial charge in [0, 0.05) is 56.0 Å². The molecule has 3 unspecified atom stereocenters. The first-order valence-corrected chi connectivity index (χ1v) is 19.2. The lowest BCUT2D eigenvalue weighted by Gasteiger charge is -2.42. The number of likely N-dealkylation sites (tertiary alicyclic amines) is 1. The Balaban J connectivity index is 1.08. The molecule has 0 spiro atoms. The van der Waals surface area contributed by atoms with E-state index in [1.165, 1.54) is 0 Å². The second-order valence-electron chi connectivity index (χ2n) is 14.4. The Kier molecular flexibility index (Phi) is 13.9. The highest BCUT2D eigenvalue weighted by atomic mass is 35.5. The Labute approximate surface area is 322 Å². The van der Waals surface area contributed by atoms with Crippen LogP contribution in [-0.2, 0) is 37.8 Å². The molecule has 3 atom stereocenters. The quantitative estimate of drug-likeness (QED) is 0.0492. The van der Waals surface area contributed by atoms with E-state index in [1.54, 1.807) is 5.48 Å². The highest BCUT2D eigenvalue weighted by Gasteiger charge is 2.37. The van der Waals surface area contributed by atoms with Gasteiger partial charge in [0.2, 0.25) is 11.8 Å². The van der Waals surface area contributed by atoms with Crippen LogP contribution in [0.5, 0.6) is 0 Å².